The largest absolute Gasteiger partial charge is 0.477 e. The third kappa shape index (κ3) is 2.20. The molecular weight excluding hydrogens is 226 g/mol. The third-order valence-electron chi connectivity index (χ3n) is 2.50. The molecule has 17 heavy (non-hydrogen) atoms. The highest BCUT2D eigenvalue weighted by molar-refractivity contribution is 5.91. The lowest BCUT2D eigenvalue weighted by molar-refractivity contribution is 0.0667. The molecule has 0 saturated heterocycles. The number of hydrogen-bond donors (Lipinski definition) is 2. The molecule has 0 aromatic carbocycles. The molecule has 0 unspecified atom stereocenters. The van der Waals surface area contributed by atoms with Crippen molar-refractivity contribution in [1.29, 1.82) is 0 Å². The molecule has 6 heteroatoms. The van der Waals surface area contributed by atoms with E-state index in [9.17, 15) is 14.4 Å². The van der Waals surface area contributed by atoms with Crippen LogP contribution in [0, 0.1) is 0 Å². The molecule has 0 bridgehead atoms. The summed E-state index contributed by atoms with van der Waals surface area (Å²) in [5.41, 5.74) is -1.22. The van der Waals surface area contributed by atoms with E-state index < -0.39 is 22.9 Å². The van der Waals surface area contributed by atoms with Crippen molar-refractivity contribution in [1.82, 2.24) is 4.57 Å². The van der Waals surface area contributed by atoms with Gasteiger partial charge in [0.15, 0.2) is 5.43 Å². The van der Waals surface area contributed by atoms with Gasteiger partial charge in [-0.1, -0.05) is 6.92 Å². The molecule has 0 spiro atoms. The maximum absolute atomic E-state index is 11.8. The number of aromatic carboxylic acids is 2. The predicted molar refractivity (Wildman–Crippen MR) is 59.7 cm³/mol. The number of carboxylic acid groups (broad SMARTS) is 2. The highest BCUT2D eigenvalue weighted by Gasteiger charge is 2.21. The van der Waals surface area contributed by atoms with Gasteiger partial charge in [-0.05, 0) is 13.3 Å². The molecule has 1 aromatic rings. The van der Waals surface area contributed by atoms with Crippen molar-refractivity contribution in [3.8, 4) is 0 Å². The van der Waals surface area contributed by atoms with E-state index in [0.717, 1.165) is 6.20 Å². The summed E-state index contributed by atoms with van der Waals surface area (Å²) < 4.78 is 1.27. The summed E-state index contributed by atoms with van der Waals surface area (Å²) in [6, 6.07) is 0. The Labute approximate surface area is 97.1 Å². The Morgan fingerprint density at radius 2 is 1.82 bits per heavy atom. The van der Waals surface area contributed by atoms with Crippen molar-refractivity contribution < 1.29 is 19.8 Å². The van der Waals surface area contributed by atoms with Gasteiger partial charge in [-0.3, -0.25) is 4.79 Å². The molecule has 92 valence electrons. The Kier molecular flexibility index (Phi) is 3.67. The minimum atomic E-state index is -1.34. The Morgan fingerprint density at radius 3 is 2.18 bits per heavy atom. The summed E-state index contributed by atoms with van der Waals surface area (Å²) in [6.45, 7) is 3.59. The Hall–Kier alpha value is -2.11. The fourth-order valence-corrected chi connectivity index (χ4v) is 1.70. The van der Waals surface area contributed by atoms with Crippen molar-refractivity contribution in [3.63, 3.8) is 0 Å². The molecule has 0 saturated carbocycles. The average molecular weight is 239 g/mol. The molecule has 0 radical (unpaired) electrons. The van der Waals surface area contributed by atoms with Gasteiger partial charge in [0.25, 0.3) is 0 Å². The van der Waals surface area contributed by atoms with Crippen molar-refractivity contribution in [2.75, 3.05) is 0 Å². The summed E-state index contributed by atoms with van der Waals surface area (Å²) in [7, 11) is 0. The molecule has 2 N–H and O–H groups in total. The monoisotopic (exact) mass is 239 g/mol. The molecule has 6 nitrogen and oxygen atoms in total. The number of carbonyl (C=O) groups is 2. The van der Waals surface area contributed by atoms with Gasteiger partial charge in [0.05, 0.1) is 0 Å². The Morgan fingerprint density at radius 1 is 1.24 bits per heavy atom. The van der Waals surface area contributed by atoms with Crippen molar-refractivity contribution in [2.24, 2.45) is 0 Å². The molecule has 0 aliphatic carbocycles. The highest BCUT2D eigenvalue weighted by Crippen LogP contribution is 2.09. The summed E-state index contributed by atoms with van der Waals surface area (Å²) in [5.74, 6) is -2.57. The predicted octanol–water partition coefficient (Wildman–Crippen LogP) is 0.827. The van der Waals surface area contributed by atoms with Crippen LogP contribution < -0.4 is 5.43 Å². The van der Waals surface area contributed by atoms with Crippen molar-refractivity contribution >= 4 is 11.9 Å². The highest BCUT2D eigenvalue weighted by atomic mass is 16.4. The van der Waals surface area contributed by atoms with Gasteiger partial charge in [0, 0.05) is 18.3 Å². The maximum Gasteiger partial charge on any atom is 0.352 e. The van der Waals surface area contributed by atoms with E-state index in [2.05, 4.69) is 0 Å². The van der Waals surface area contributed by atoms with Gasteiger partial charge >= 0.3 is 11.9 Å². The zero-order chi connectivity index (χ0) is 13.2. The van der Waals surface area contributed by atoms with Crippen LogP contribution in [0.15, 0.2) is 11.0 Å². The molecule has 0 fully saturated rings. The number of carboxylic acids is 2. The quantitative estimate of drug-likeness (QED) is 0.811. The van der Waals surface area contributed by atoms with Crippen LogP contribution in [-0.2, 0) is 13.0 Å². The van der Waals surface area contributed by atoms with E-state index in [-0.39, 0.29) is 24.2 Å². The number of pyridine rings is 1. The Balaban J connectivity index is 3.74. The smallest absolute Gasteiger partial charge is 0.352 e. The normalized spacial score (nSPS) is 10.2. The fraction of sp³-hybridized carbons (Fsp3) is 0.364. The van der Waals surface area contributed by atoms with Crippen LogP contribution in [0.1, 0.15) is 40.3 Å². The Bertz CT molecular complexity index is 529. The van der Waals surface area contributed by atoms with Crippen LogP contribution in [0.5, 0.6) is 0 Å². The lowest BCUT2D eigenvalue weighted by atomic mass is 10.1. The standard InChI is InChI=1S/C11H13NO5/c1-3-6-8(11(16)17)12(4-2)5-7(9(6)13)10(14)15/h5H,3-4H2,1-2H3,(H,14,15)(H,16,17). The van der Waals surface area contributed by atoms with Gasteiger partial charge in [0.1, 0.15) is 11.3 Å². The number of nitrogens with zero attached hydrogens (tertiary/aromatic N) is 1. The first-order valence-electron chi connectivity index (χ1n) is 5.16. The molecule has 0 amide bonds. The lowest BCUT2D eigenvalue weighted by Crippen LogP contribution is -2.27. The van der Waals surface area contributed by atoms with Crippen molar-refractivity contribution in [3.05, 3.63) is 33.2 Å². The molecule has 1 rings (SSSR count). The van der Waals surface area contributed by atoms with E-state index in [1.807, 2.05) is 0 Å². The summed E-state index contributed by atoms with van der Waals surface area (Å²) in [5, 5.41) is 17.9. The van der Waals surface area contributed by atoms with E-state index in [0.29, 0.717) is 0 Å². The lowest BCUT2D eigenvalue weighted by Gasteiger charge is -2.12. The fourth-order valence-electron chi connectivity index (χ4n) is 1.70. The summed E-state index contributed by atoms with van der Waals surface area (Å²) in [6.07, 6.45) is 1.26. The van der Waals surface area contributed by atoms with Crippen LogP contribution >= 0.6 is 0 Å². The van der Waals surface area contributed by atoms with Crippen LogP contribution in [0.4, 0.5) is 0 Å². The summed E-state index contributed by atoms with van der Waals surface area (Å²) in [4.78, 5) is 33.7. The van der Waals surface area contributed by atoms with Crippen LogP contribution in [0.2, 0.25) is 0 Å². The minimum Gasteiger partial charge on any atom is -0.477 e. The number of aryl methyl sites for hydroxylation is 1. The second-order valence-electron chi connectivity index (χ2n) is 3.45. The van der Waals surface area contributed by atoms with Crippen LogP contribution in [0.3, 0.4) is 0 Å². The molecule has 0 aliphatic heterocycles. The first kappa shape index (κ1) is 13.0. The topological polar surface area (TPSA) is 96.6 Å². The zero-order valence-electron chi connectivity index (χ0n) is 9.56. The van der Waals surface area contributed by atoms with Crippen molar-refractivity contribution in [2.45, 2.75) is 26.8 Å². The molecule has 0 aliphatic rings. The number of rotatable bonds is 4. The second-order valence-corrected chi connectivity index (χ2v) is 3.45. The number of hydrogen-bond acceptors (Lipinski definition) is 3. The minimum absolute atomic E-state index is 0.0271. The van der Waals surface area contributed by atoms with E-state index >= 15 is 0 Å². The van der Waals surface area contributed by atoms with Gasteiger partial charge in [-0.25, -0.2) is 9.59 Å². The molecule has 1 heterocycles. The second kappa shape index (κ2) is 4.82. The van der Waals surface area contributed by atoms with Gasteiger partial charge in [-0.15, -0.1) is 0 Å². The van der Waals surface area contributed by atoms with Gasteiger partial charge in [-0.2, -0.15) is 0 Å². The molecule has 1 aromatic heterocycles. The van der Waals surface area contributed by atoms with Gasteiger partial charge in [0.2, 0.25) is 0 Å². The molecule has 0 atom stereocenters. The summed E-state index contributed by atoms with van der Waals surface area (Å²) >= 11 is 0. The number of aromatic nitrogens is 1. The first-order valence-corrected chi connectivity index (χ1v) is 5.16. The van der Waals surface area contributed by atoms with Crippen LogP contribution in [0.25, 0.3) is 0 Å². The van der Waals surface area contributed by atoms with E-state index in [4.69, 9.17) is 10.2 Å². The van der Waals surface area contributed by atoms with Gasteiger partial charge < -0.3 is 14.8 Å². The SMILES string of the molecule is CCc1c(C(=O)O)n(CC)cc(C(=O)O)c1=O. The average Bonchev–Trinajstić information content (AvgIpc) is 2.27. The molecular formula is C11H13NO5. The third-order valence-corrected chi connectivity index (χ3v) is 2.50. The first-order chi connectivity index (χ1) is 7.93. The maximum atomic E-state index is 11.8. The zero-order valence-corrected chi connectivity index (χ0v) is 9.56. The van der Waals surface area contributed by atoms with Crippen LogP contribution in [-0.4, -0.2) is 26.7 Å². The van der Waals surface area contributed by atoms with E-state index in [1.54, 1.807) is 13.8 Å². The van der Waals surface area contributed by atoms with E-state index in [1.165, 1.54) is 4.57 Å².